The molecular weight excluding hydrogens is 398 g/mol. The van der Waals surface area contributed by atoms with E-state index in [-0.39, 0.29) is 17.9 Å². The van der Waals surface area contributed by atoms with E-state index in [1.165, 1.54) is 7.11 Å². The zero-order valence-corrected chi connectivity index (χ0v) is 17.6. The number of esters is 2. The molecule has 2 aromatic heterocycles. The SMILES string of the molecule is COC(=O)c1cc2ccccc2cc1OC(=O)COc1nn(C)c2nc(C)cc(C)c12. The van der Waals surface area contributed by atoms with Crippen LogP contribution in [-0.4, -0.2) is 40.4 Å². The Kier molecular flexibility index (Phi) is 5.29. The summed E-state index contributed by atoms with van der Waals surface area (Å²) in [6.07, 6.45) is 0. The highest BCUT2D eigenvalue weighted by Gasteiger charge is 2.20. The summed E-state index contributed by atoms with van der Waals surface area (Å²) < 4.78 is 17.5. The van der Waals surface area contributed by atoms with Crippen molar-refractivity contribution in [2.75, 3.05) is 13.7 Å². The van der Waals surface area contributed by atoms with Crippen molar-refractivity contribution in [2.45, 2.75) is 13.8 Å². The van der Waals surface area contributed by atoms with Crippen LogP contribution in [-0.2, 0) is 16.6 Å². The summed E-state index contributed by atoms with van der Waals surface area (Å²) >= 11 is 0. The monoisotopic (exact) mass is 419 g/mol. The fraction of sp³-hybridized carbons (Fsp3) is 0.217. The largest absolute Gasteiger partial charge is 0.465 e. The molecule has 8 nitrogen and oxygen atoms in total. The van der Waals surface area contributed by atoms with Crippen LogP contribution in [0.25, 0.3) is 21.8 Å². The Hall–Kier alpha value is -3.94. The molecule has 0 aliphatic heterocycles. The fourth-order valence-electron chi connectivity index (χ4n) is 3.50. The molecule has 4 rings (SSSR count). The van der Waals surface area contributed by atoms with Crippen molar-refractivity contribution in [1.82, 2.24) is 14.8 Å². The Morgan fingerprint density at radius 3 is 2.48 bits per heavy atom. The van der Waals surface area contributed by atoms with Crippen LogP contribution in [0.3, 0.4) is 0 Å². The topological polar surface area (TPSA) is 92.5 Å². The molecule has 0 unspecified atom stereocenters. The predicted molar refractivity (Wildman–Crippen MR) is 114 cm³/mol. The predicted octanol–water partition coefficient (Wildman–Crippen LogP) is 3.51. The van der Waals surface area contributed by atoms with Crippen molar-refractivity contribution < 1.29 is 23.8 Å². The van der Waals surface area contributed by atoms with E-state index in [2.05, 4.69) is 10.1 Å². The molecule has 158 valence electrons. The summed E-state index contributed by atoms with van der Waals surface area (Å²) in [4.78, 5) is 29.2. The van der Waals surface area contributed by atoms with Crippen LogP contribution in [0.1, 0.15) is 21.6 Å². The highest BCUT2D eigenvalue weighted by atomic mass is 16.6. The second kappa shape index (κ2) is 8.06. The van der Waals surface area contributed by atoms with E-state index >= 15 is 0 Å². The molecule has 0 fully saturated rings. The third-order valence-electron chi connectivity index (χ3n) is 4.89. The van der Waals surface area contributed by atoms with Gasteiger partial charge in [0.05, 0.1) is 12.5 Å². The number of ether oxygens (including phenoxy) is 3. The first-order valence-electron chi connectivity index (χ1n) is 9.63. The molecule has 8 heteroatoms. The first-order chi connectivity index (χ1) is 14.9. The molecule has 0 spiro atoms. The van der Waals surface area contributed by atoms with Gasteiger partial charge in [0, 0.05) is 12.7 Å². The number of benzene rings is 2. The van der Waals surface area contributed by atoms with Crippen LogP contribution in [0.15, 0.2) is 42.5 Å². The molecule has 2 heterocycles. The average molecular weight is 419 g/mol. The first kappa shape index (κ1) is 20.3. The molecule has 4 aromatic rings. The van der Waals surface area contributed by atoms with Crippen molar-refractivity contribution in [3.63, 3.8) is 0 Å². The van der Waals surface area contributed by atoms with Gasteiger partial charge in [-0.15, -0.1) is 5.10 Å². The van der Waals surface area contributed by atoms with E-state index < -0.39 is 11.9 Å². The maximum Gasteiger partial charge on any atom is 0.349 e. The molecule has 31 heavy (non-hydrogen) atoms. The van der Waals surface area contributed by atoms with Gasteiger partial charge in [0.15, 0.2) is 12.3 Å². The summed E-state index contributed by atoms with van der Waals surface area (Å²) in [6.45, 7) is 3.45. The minimum absolute atomic E-state index is 0.110. The Labute approximate surface area is 178 Å². The molecule has 0 N–H and O–H groups in total. The van der Waals surface area contributed by atoms with Crippen molar-refractivity contribution in [2.24, 2.45) is 7.05 Å². The summed E-state index contributed by atoms with van der Waals surface area (Å²) in [6, 6.07) is 12.6. The van der Waals surface area contributed by atoms with E-state index in [1.807, 2.05) is 44.2 Å². The normalized spacial score (nSPS) is 11.0. The smallest absolute Gasteiger partial charge is 0.349 e. The maximum absolute atomic E-state index is 12.5. The van der Waals surface area contributed by atoms with Gasteiger partial charge in [-0.25, -0.2) is 19.3 Å². The van der Waals surface area contributed by atoms with Crippen LogP contribution in [0, 0.1) is 13.8 Å². The molecule has 0 atom stereocenters. The number of carbonyl (C=O) groups excluding carboxylic acids is 2. The number of methoxy groups -OCH3 is 1. The van der Waals surface area contributed by atoms with Gasteiger partial charge in [0.25, 0.3) is 0 Å². The number of aryl methyl sites for hydroxylation is 3. The Balaban J connectivity index is 1.58. The number of rotatable bonds is 5. The molecule has 0 amide bonds. The Bertz CT molecular complexity index is 1330. The lowest BCUT2D eigenvalue weighted by molar-refractivity contribution is -0.136. The van der Waals surface area contributed by atoms with E-state index in [0.717, 1.165) is 27.4 Å². The zero-order valence-electron chi connectivity index (χ0n) is 17.6. The van der Waals surface area contributed by atoms with E-state index in [4.69, 9.17) is 14.2 Å². The highest BCUT2D eigenvalue weighted by molar-refractivity contribution is 5.99. The zero-order chi connectivity index (χ0) is 22.1. The number of hydrogen-bond acceptors (Lipinski definition) is 7. The molecule has 2 aromatic carbocycles. The van der Waals surface area contributed by atoms with Gasteiger partial charge in [0.2, 0.25) is 5.88 Å². The van der Waals surface area contributed by atoms with Gasteiger partial charge in [-0.1, -0.05) is 24.3 Å². The van der Waals surface area contributed by atoms with Gasteiger partial charge < -0.3 is 14.2 Å². The second-order valence-corrected chi connectivity index (χ2v) is 7.16. The lowest BCUT2D eigenvalue weighted by Crippen LogP contribution is -2.19. The number of pyridine rings is 1. The summed E-state index contributed by atoms with van der Waals surface area (Å²) in [5.74, 6) is -0.858. The van der Waals surface area contributed by atoms with E-state index in [0.29, 0.717) is 11.5 Å². The van der Waals surface area contributed by atoms with Crippen LogP contribution in [0.2, 0.25) is 0 Å². The number of nitrogens with zero attached hydrogens (tertiary/aromatic N) is 3. The van der Waals surface area contributed by atoms with Gasteiger partial charge in [0.1, 0.15) is 11.3 Å². The van der Waals surface area contributed by atoms with Crippen molar-refractivity contribution >= 4 is 33.7 Å². The van der Waals surface area contributed by atoms with Crippen molar-refractivity contribution in [3.05, 3.63) is 59.3 Å². The standard InChI is InChI=1S/C23H21N3O5/c1-13-9-14(2)24-21-20(13)22(25-26(21)3)30-12-19(27)31-18-11-16-8-6-5-7-15(16)10-17(18)23(28)29-4/h5-11H,12H2,1-4H3. The molecular formula is C23H21N3O5. The number of carbonyl (C=O) groups is 2. The lowest BCUT2D eigenvalue weighted by Gasteiger charge is -2.11. The highest BCUT2D eigenvalue weighted by Crippen LogP contribution is 2.29. The summed E-state index contributed by atoms with van der Waals surface area (Å²) in [5.41, 5.74) is 2.64. The number of hydrogen-bond donors (Lipinski definition) is 0. The molecule has 0 radical (unpaired) electrons. The minimum Gasteiger partial charge on any atom is -0.465 e. The third-order valence-corrected chi connectivity index (χ3v) is 4.89. The van der Waals surface area contributed by atoms with Gasteiger partial charge in [-0.05, 0) is 48.4 Å². The van der Waals surface area contributed by atoms with E-state index in [1.54, 1.807) is 23.9 Å². The molecule has 0 aliphatic carbocycles. The van der Waals surface area contributed by atoms with Crippen LogP contribution in [0.5, 0.6) is 11.6 Å². The number of aromatic nitrogens is 3. The fourth-order valence-corrected chi connectivity index (χ4v) is 3.50. The van der Waals surface area contributed by atoms with Crippen LogP contribution >= 0.6 is 0 Å². The maximum atomic E-state index is 12.5. The molecule has 0 aliphatic rings. The van der Waals surface area contributed by atoms with Gasteiger partial charge in [-0.3, -0.25) is 0 Å². The average Bonchev–Trinajstić information content (AvgIpc) is 3.07. The van der Waals surface area contributed by atoms with Crippen molar-refractivity contribution in [1.29, 1.82) is 0 Å². The minimum atomic E-state index is -0.669. The lowest BCUT2D eigenvalue weighted by atomic mass is 10.1. The Morgan fingerprint density at radius 1 is 1.06 bits per heavy atom. The molecule has 0 saturated heterocycles. The third kappa shape index (κ3) is 3.92. The van der Waals surface area contributed by atoms with Crippen LogP contribution < -0.4 is 9.47 Å². The molecule has 0 bridgehead atoms. The van der Waals surface area contributed by atoms with Crippen LogP contribution in [0.4, 0.5) is 0 Å². The van der Waals surface area contributed by atoms with Crippen molar-refractivity contribution in [3.8, 4) is 11.6 Å². The van der Waals surface area contributed by atoms with Gasteiger partial charge >= 0.3 is 11.9 Å². The summed E-state index contributed by atoms with van der Waals surface area (Å²) in [7, 11) is 3.04. The number of fused-ring (bicyclic) bond motifs is 2. The van der Waals surface area contributed by atoms with Gasteiger partial charge in [-0.2, -0.15) is 0 Å². The summed E-state index contributed by atoms with van der Waals surface area (Å²) in [5, 5.41) is 6.71. The Morgan fingerprint density at radius 2 is 1.77 bits per heavy atom. The molecule has 0 saturated carbocycles. The first-order valence-corrected chi connectivity index (χ1v) is 9.63. The quantitative estimate of drug-likeness (QED) is 0.361. The second-order valence-electron chi connectivity index (χ2n) is 7.16. The van der Waals surface area contributed by atoms with E-state index in [9.17, 15) is 9.59 Å².